The maximum atomic E-state index is 12.5. The molecule has 0 radical (unpaired) electrons. The zero-order valence-corrected chi connectivity index (χ0v) is 14.3. The first-order chi connectivity index (χ1) is 11.6. The first kappa shape index (κ1) is 17.3. The molecule has 2 heterocycles. The molecule has 0 saturated carbocycles. The summed E-state index contributed by atoms with van der Waals surface area (Å²) in [4.78, 5) is 14.2. The number of morpholine rings is 2. The Morgan fingerprint density at radius 3 is 2.50 bits per heavy atom. The van der Waals surface area contributed by atoms with Gasteiger partial charge in [-0.3, -0.25) is 4.79 Å². The quantitative estimate of drug-likeness (QED) is 0.772. The summed E-state index contributed by atoms with van der Waals surface area (Å²) in [6.45, 7) is 2.71. The van der Waals surface area contributed by atoms with Gasteiger partial charge in [-0.05, 0) is 12.1 Å². The van der Waals surface area contributed by atoms with E-state index in [1.165, 1.54) is 4.31 Å². The second-order valence-electron chi connectivity index (χ2n) is 5.90. The fourth-order valence-corrected chi connectivity index (χ4v) is 4.52. The van der Waals surface area contributed by atoms with E-state index in [9.17, 15) is 13.2 Å². The minimum atomic E-state index is -3.41. The van der Waals surface area contributed by atoms with Gasteiger partial charge in [-0.1, -0.05) is 18.2 Å². The molecule has 3 rings (SSSR count). The molecule has 24 heavy (non-hydrogen) atoms. The van der Waals surface area contributed by atoms with Crippen LogP contribution in [0.15, 0.2) is 30.3 Å². The Morgan fingerprint density at radius 1 is 1.08 bits per heavy atom. The lowest BCUT2D eigenvalue weighted by Crippen LogP contribution is -2.50. The van der Waals surface area contributed by atoms with E-state index >= 15 is 0 Å². The molecular formula is C16H22N2O5S. The van der Waals surface area contributed by atoms with Gasteiger partial charge >= 0.3 is 0 Å². The monoisotopic (exact) mass is 354 g/mol. The number of carbonyl (C=O) groups is 1. The van der Waals surface area contributed by atoms with Crippen LogP contribution in [0.5, 0.6) is 0 Å². The van der Waals surface area contributed by atoms with Gasteiger partial charge in [0.1, 0.15) is 0 Å². The van der Waals surface area contributed by atoms with Gasteiger partial charge in [-0.25, -0.2) is 8.42 Å². The number of benzene rings is 1. The largest absolute Gasteiger partial charge is 0.379 e. The van der Waals surface area contributed by atoms with Crippen molar-refractivity contribution in [3.8, 4) is 0 Å². The summed E-state index contributed by atoms with van der Waals surface area (Å²) in [6.07, 6.45) is -0.501. The fourth-order valence-electron chi connectivity index (χ4n) is 2.93. The second-order valence-corrected chi connectivity index (χ2v) is 7.91. The first-order valence-electron chi connectivity index (χ1n) is 8.08. The van der Waals surface area contributed by atoms with Crippen molar-refractivity contribution in [2.24, 2.45) is 0 Å². The molecule has 1 aromatic carbocycles. The number of nitrogens with zero attached hydrogens (tertiary/aromatic N) is 2. The topological polar surface area (TPSA) is 76.2 Å². The molecule has 1 aromatic rings. The molecule has 1 atom stereocenters. The van der Waals surface area contributed by atoms with Crippen molar-refractivity contribution in [1.82, 2.24) is 9.21 Å². The Morgan fingerprint density at radius 2 is 1.79 bits per heavy atom. The van der Waals surface area contributed by atoms with Crippen LogP contribution >= 0.6 is 0 Å². The third-order valence-corrected chi connectivity index (χ3v) is 6.15. The van der Waals surface area contributed by atoms with Crippen LogP contribution in [-0.4, -0.2) is 81.4 Å². The summed E-state index contributed by atoms with van der Waals surface area (Å²) in [6, 6.07) is 9.00. The zero-order chi connectivity index (χ0) is 17.0. The summed E-state index contributed by atoms with van der Waals surface area (Å²) < 4.78 is 37.2. The highest BCUT2D eigenvalue weighted by Gasteiger charge is 2.32. The van der Waals surface area contributed by atoms with Crippen molar-refractivity contribution in [3.63, 3.8) is 0 Å². The Balaban J connectivity index is 1.62. The highest BCUT2D eigenvalue weighted by atomic mass is 32.2. The van der Waals surface area contributed by atoms with Gasteiger partial charge in [-0.2, -0.15) is 4.31 Å². The van der Waals surface area contributed by atoms with Crippen molar-refractivity contribution in [2.75, 3.05) is 51.8 Å². The Hall–Kier alpha value is -1.48. The molecule has 1 amide bonds. The SMILES string of the molecule is O=C(c1ccccc1)N1CCO[C@@H](CS(=O)(=O)N2CCOCC2)C1. The molecule has 8 heteroatoms. The Kier molecular flexibility index (Phi) is 5.50. The number of hydrogen-bond acceptors (Lipinski definition) is 5. The van der Waals surface area contributed by atoms with E-state index < -0.39 is 16.1 Å². The fraction of sp³-hybridized carbons (Fsp3) is 0.562. The number of ether oxygens (including phenoxy) is 2. The lowest BCUT2D eigenvalue weighted by molar-refractivity contribution is -0.0117. The predicted molar refractivity (Wildman–Crippen MR) is 88.3 cm³/mol. The van der Waals surface area contributed by atoms with E-state index in [1.807, 2.05) is 18.2 Å². The van der Waals surface area contributed by atoms with Crippen LogP contribution in [0, 0.1) is 0 Å². The summed E-state index contributed by atoms with van der Waals surface area (Å²) in [5.74, 6) is -0.196. The minimum Gasteiger partial charge on any atom is -0.379 e. The summed E-state index contributed by atoms with van der Waals surface area (Å²) >= 11 is 0. The van der Waals surface area contributed by atoms with Gasteiger partial charge in [0.25, 0.3) is 5.91 Å². The number of amides is 1. The predicted octanol–water partition coefficient (Wildman–Crippen LogP) is 0.190. The van der Waals surface area contributed by atoms with Crippen LogP contribution in [0.2, 0.25) is 0 Å². The van der Waals surface area contributed by atoms with Crippen LogP contribution in [0.25, 0.3) is 0 Å². The van der Waals surface area contributed by atoms with Crippen LogP contribution in [0.4, 0.5) is 0 Å². The maximum Gasteiger partial charge on any atom is 0.254 e. The van der Waals surface area contributed by atoms with Gasteiger partial charge < -0.3 is 14.4 Å². The molecule has 2 fully saturated rings. The summed E-state index contributed by atoms with van der Waals surface area (Å²) in [5, 5.41) is 0. The molecule has 7 nitrogen and oxygen atoms in total. The van der Waals surface area contributed by atoms with Crippen LogP contribution < -0.4 is 0 Å². The molecular weight excluding hydrogens is 332 g/mol. The van der Waals surface area contributed by atoms with E-state index in [-0.39, 0.29) is 18.2 Å². The second kappa shape index (κ2) is 7.60. The van der Waals surface area contributed by atoms with Gasteiger partial charge in [0.2, 0.25) is 10.0 Å². The van der Waals surface area contributed by atoms with Crippen molar-refractivity contribution < 1.29 is 22.7 Å². The molecule has 0 spiro atoms. The highest BCUT2D eigenvalue weighted by Crippen LogP contribution is 2.14. The van der Waals surface area contributed by atoms with Gasteiger partial charge in [0.15, 0.2) is 0 Å². The van der Waals surface area contributed by atoms with E-state index in [0.717, 1.165) is 0 Å². The lowest BCUT2D eigenvalue weighted by atomic mass is 10.2. The summed E-state index contributed by atoms with van der Waals surface area (Å²) in [7, 11) is -3.41. The normalized spacial score (nSPS) is 23.2. The van der Waals surface area contributed by atoms with Crippen LogP contribution in [0.1, 0.15) is 10.4 Å². The molecule has 2 aliphatic heterocycles. The standard InChI is InChI=1S/C16H22N2O5S/c19-16(14-4-2-1-3-5-14)17-6-11-23-15(12-17)13-24(20,21)18-7-9-22-10-8-18/h1-5,15H,6-13H2/t15-/m1/s1. The van der Waals surface area contributed by atoms with E-state index in [1.54, 1.807) is 17.0 Å². The van der Waals surface area contributed by atoms with Crippen molar-refractivity contribution in [2.45, 2.75) is 6.10 Å². The van der Waals surface area contributed by atoms with Crippen molar-refractivity contribution in [1.29, 1.82) is 0 Å². The van der Waals surface area contributed by atoms with Crippen LogP contribution in [0.3, 0.4) is 0 Å². The summed E-state index contributed by atoms with van der Waals surface area (Å²) in [5.41, 5.74) is 0.606. The van der Waals surface area contributed by atoms with Crippen LogP contribution in [-0.2, 0) is 19.5 Å². The van der Waals surface area contributed by atoms with Gasteiger partial charge in [-0.15, -0.1) is 0 Å². The Bertz CT molecular complexity index is 658. The third kappa shape index (κ3) is 4.13. The third-order valence-electron chi connectivity index (χ3n) is 4.21. The van der Waals surface area contributed by atoms with E-state index in [4.69, 9.17) is 9.47 Å². The van der Waals surface area contributed by atoms with Gasteiger partial charge in [0.05, 0.1) is 31.7 Å². The first-order valence-corrected chi connectivity index (χ1v) is 9.69. The number of rotatable bonds is 4. The van der Waals surface area contributed by atoms with Crippen molar-refractivity contribution >= 4 is 15.9 Å². The molecule has 0 bridgehead atoms. The zero-order valence-electron chi connectivity index (χ0n) is 13.5. The number of hydrogen-bond donors (Lipinski definition) is 0. The number of carbonyl (C=O) groups excluding carboxylic acids is 1. The lowest BCUT2D eigenvalue weighted by Gasteiger charge is -2.34. The molecule has 132 valence electrons. The molecule has 0 aliphatic carbocycles. The maximum absolute atomic E-state index is 12.5. The number of sulfonamides is 1. The van der Waals surface area contributed by atoms with E-state index in [2.05, 4.69) is 0 Å². The average molecular weight is 354 g/mol. The van der Waals surface area contributed by atoms with Gasteiger partial charge in [0, 0.05) is 31.7 Å². The molecule has 0 unspecified atom stereocenters. The smallest absolute Gasteiger partial charge is 0.254 e. The van der Waals surface area contributed by atoms with Crippen molar-refractivity contribution in [3.05, 3.63) is 35.9 Å². The molecule has 2 saturated heterocycles. The molecule has 0 aromatic heterocycles. The highest BCUT2D eigenvalue weighted by molar-refractivity contribution is 7.89. The van der Waals surface area contributed by atoms with E-state index in [0.29, 0.717) is 45.0 Å². The molecule has 2 aliphatic rings. The Labute approximate surface area is 142 Å². The molecule has 0 N–H and O–H groups in total. The minimum absolute atomic E-state index is 0.0901. The average Bonchev–Trinajstić information content (AvgIpc) is 2.62.